The van der Waals surface area contributed by atoms with Gasteiger partial charge >= 0.3 is 0 Å². The summed E-state index contributed by atoms with van der Waals surface area (Å²) in [6.45, 7) is 7.50. The number of aromatic hydroxyl groups is 1. The standard InChI is InChI=1S/C18H16O4/c1-4-18(2,3)22-11-8-9-12-15(10-11)21-14-7-5-6-13(19)16(14)17(12)20/h4-10,19H,1H2,2-3H3. The van der Waals surface area contributed by atoms with Gasteiger partial charge in [0.2, 0.25) is 5.43 Å². The van der Waals surface area contributed by atoms with Crippen LogP contribution in [0.4, 0.5) is 0 Å². The summed E-state index contributed by atoms with van der Waals surface area (Å²) >= 11 is 0. The Morgan fingerprint density at radius 2 is 2.00 bits per heavy atom. The van der Waals surface area contributed by atoms with E-state index in [0.717, 1.165) is 0 Å². The molecule has 0 bridgehead atoms. The molecule has 3 aromatic rings. The predicted octanol–water partition coefficient (Wildman–Crippen LogP) is 4.00. The molecule has 0 radical (unpaired) electrons. The molecule has 0 aliphatic carbocycles. The predicted molar refractivity (Wildman–Crippen MR) is 86.6 cm³/mol. The molecule has 1 N–H and O–H groups in total. The minimum atomic E-state index is -0.525. The van der Waals surface area contributed by atoms with Crippen molar-refractivity contribution in [3.8, 4) is 11.5 Å². The van der Waals surface area contributed by atoms with Gasteiger partial charge in [0, 0.05) is 6.07 Å². The largest absolute Gasteiger partial charge is 0.507 e. The molecule has 0 saturated carbocycles. The lowest BCUT2D eigenvalue weighted by molar-refractivity contribution is 0.162. The molecule has 0 fully saturated rings. The zero-order valence-electron chi connectivity index (χ0n) is 12.4. The van der Waals surface area contributed by atoms with E-state index >= 15 is 0 Å². The second-order valence-electron chi connectivity index (χ2n) is 5.65. The lowest BCUT2D eigenvalue weighted by Gasteiger charge is -2.22. The highest BCUT2D eigenvalue weighted by molar-refractivity contribution is 5.93. The van der Waals surface area contributed by atoms with Crippen LogP contribution in [0.5, 0.6) is 11.5 Å². The number of hydrogen-bond donors (Lipinski definition) is 1. The molecule has 1 aromatic heterocycles. The first-order valence-electron chi connectivity index (χ1n) is 6.92. The van der Waals surface area contributed by atoms with Gasteiger partial charge in [-0.1, -0.05) is 12.6 Å². The Balaban J connectivity index is 2.24. The van der Waals surface area contributed by atoms with Crippen molar-refractivity contribution in [3.05, 3.63) is 59.3 Å². The minimum absolute atomic E-state index is 0.0822. The normalized spacial score (nSPS) is 11.7. The molecular formula is C18H16O4. The summed E-state index contributed by atoms with van der Waals surface area (Å²) < 4.78 is 11.5. The van der Waals surface area contributed by atoms with Crippen LogP contribution in [0.2, 0.25) is 0 Å². The number of rotatable bonds is 3. The fraction of sp³-hybridized carbons (Fsp3) is 0.167. The van der Waals surface area contributed by atoms with Crippen LogP contribution in [-0.4, -0.2) is 10.7 Å². The van der Waals surface area contributed by atoms with Crippen LogP contribution < -0.4 is 10.2 Å². The maximum Gasteiger partial charge on any atom is 0.204 e. The van der Waals surface area contributed by atoms with Gasteiger partial charge in [0.25, 0.3) is 0 Å². The van der Waals surface area contributed by atoms with Gasteiger partial charge in [-0.15, -0.1) is 0 Å². The van der Waals surface area contributed by atoms with Crippen LogP contribution in [0.15, 0.2) is 58.3 Å². The number of ether oxygens (including phenoxy) is 1. The first-order valence-corrected chi connectivity index (χ1v) is 6.92. The monoisotopic (exact) mass is 296 g/mol. The van der Waals surface area contributed by atoms with Crippen LogP contribution in [0, 0.1) is 0 Å². The van der Waals surface area contributed by atoms with E-state index < -0.39 is 5.60 Å². The maximum absolute atomic E-state index is 12.5. The smallest absolute Gasteiger partial charge is 0.204 e. The number of hydrogen-bond acceptors (Lipinski definition) is 4. The molecule has 4 heteroatoms. The zero-order chi connectivity index (χ0) is 15.9. The molecule has 0 amide bonds. The Labute approximate surface area is 127 Å². The molecule has 0 aliphatic rings. The Hall–Kier alpha value is -2.75. The fourth-order valence-electron chi connectivity index (χ4n) is 2.27. The Morgan fingerprint density at radius 3 is 2.73 bits per heavy atom. The fourth-order valence-corrected chi connectivity index (χ4v) is 2.27. The van der Waals surface area contributed by atoms with Gasteiger partial charge in [-0.3, -0.25) is 4.79 Å². The van der Waals surface area contributed by atoms with Gasteiger partial charge in [-0.05, 0) is 44.2 Å². The summed E-state index contributed by atoms with van der Waals surface area (Å²) in [5.41, 5.74) is -0.0229. The van der Waals surface area contributed by atoms with E-state index in [4.69, 9.17) is 9.15 Å². The van der Waals surface area contributed by atoms with Gasteiger partial charge in [0.15, 0.2) is 0 Å². The SMILES string of the molecule is C=CC(C)(C)Oc1ccc2c(=O)c3c(O)cccc3oc2c1. The van der Waals surface area contributed by atoms with E-state index in [0.29, 0.717) is 22.3 Å². The molecule has 0 aliphatic heterocycles. The first-order chi connectivity index (χ1) is 10.4. The summed E-state index contributed by atoms with van der Waals surface area (Å²) in [5, 5.41) is 10.4. The van der Waals surface area contributed by atoms with Crippen LogP contribution in [0.3, 0.4) is 0 Å². The average Bonchev–Trinajstić information content (AvgIpc) is 2.46. The third kappa shape index (κ3) is 2.33. The van der Waals surface area contributed by atoms with Crippen molar-refractivity contribution in [1.29, 1.82) is 0 Å². The van der Waals surface area contributed by atoms with Crippen LogP contribution >= 0.6 is 0 Å². The molecule has 0 spiro atoms. The number of benzene rings is 2. The van der Waals surface area contributed by atoms with Gasteiger partial charge in [-0.25, -0.2) is 0 Å². The molecular weight excluding hydrogens is 280 g/mol. The molecule has 22 heavy (non-hydrogen) atoms. The highest BCUT2D eigenvalue weighted by Gasteiger charge is 2.16. The van der Waals surface area contributed by atoms with Gasteiger partial charge in [0.05, 0.1) is 5.39 Å². The molecule has 112 valence electrons. The highest BCUT2D eigenvalue weighted by atomic mass is 16.5. The van der Waals surface area contributed by atoms with Crippen molar-refractivity contribution in [3.63, 3.8) is 0 Å². The number of phenolic OH excluding ortho intramolecular Hbond substituents is 1. The van der Waals surface area contributed by atoms with Crippen molar-refractivity contribution in [1.82, 2.24) is 0 Å². The van der Waals surface area contributed by atoms with E-state index in [9.17, 15) is 9.90 Å². The molecule has 0 atom stereocenters. The lowest BCUT2D eigenvalue weighted by atomic mass is 10.1. The Morgan fingerprint density at radius 1 is 1.23 bits per heavy atom. The minimum Gasteiger partial charge on any atom is -0.507 e. The van der Waals surface area contributed by atoms with E-state index in [1.165, 1.54) is 6.07 Å². The topological polar surface area (TPSA) is 59.7 Å². The second-order valence-corrected chi connectivity index (χ2v) is 5.65. The highest BCUT2D eigenvalue weighted by Crippen LogP contribution is 2.28. The van der Waals surface area contributed by atoms with Crippen molar-refractivity contribution >= 4 is 21.9 Å². The van der Waals surface area contributed by atoms with E-state index in [1.54, 1.807) is 36.4 Å². The zero-order valence-corrected chi connectivity index (χ0v) is 12.4. The Kier molecular flexibility index (Phi) is 3.17. The quantitative estimate of drug-likeness (QED) is 0.586. The number of fused-ring (bicyclic) bond motifs is 2. The van der Waals surface area contributed by atoms with Gasteiger partial charge in [0.1, 0.15) is 33.7 Å². The summed E-state index contributed by atoms with van der Waals surface area (Å²) in [5.74, 6) is 0.501. The summed E-state index contributed by atoms with van der Waals surface area (Å²) in [4.78, 5) is 12.5. The molecule has 0 saturated heterocycles. The van der Waals surface area contributed by atoms with E-state index in [1.807, 2.05) is 13.8 Å². The van der Waals surface area contributed by atoms with Crippen LogP contribution in [-0.2, 0) is 0 Å². The van der Waals surface area contributed by atoms with E-state index in [-0.39, 0.29) is 16.6 Å². The van der Waals surface area contributed by atoms with Crippen LogP contribution in [0.25, 0.3) is 21.9 Å². The first kappa shape index (κ1) is 14.2. The molecule has 0 unspecified atom stereocenters. The summed E-state index contributed by atoms with van der Waals surface area (Å²) in [7, 11) is 0. The third-order valence-corrected chi connectivity index (χ3v) is 3.52. The second kappa shape index (κ2) is 4.91. The van der Waals surface area contributed by atoms with Gasteiger partial charge in [-0.2, -0.15) is 0 Å². The number of phenols is 1. The molecule has 4 nitrogen and oxygen atoms in total. The molecule has 1 heterocycles. The Bertz CT molecular complexity index is 935. The third-order valence-electron chi connectivity index (χ3n) is 3.52. The van der Waals surface area contributed by atoms with Crippen molar-refractivity contribution in [2.24, 2.45) is 0 Å². The van der Waals surface area contributed by atoms with Crippen LogP contribution in [0.1, 0.15) is 13.8 Å². The summed E-state index contributed by atoms with van der Waals surface area (Å²) in [6, 6.07) is 9.77. The van der Waals surface area contributed by atoms with Gasteiger partial charge < -0.3 is 14.3 Å². The van der Waals surface area contributed by atoms with E-state index in [2.05, 4.69) is 6.58 Å². The summed E-state index contributed by atoms with van der Waals surface area (Å²) in [6.07, 6.45) is 1.70. The maximum atomic E-state index is 12.5. The van der Waals surface area contributed by atoms with Crippen molar-refractivity contribution in [2.75, 3.05) is 0 Å². The lowest BCUT2D eigenvalue weighted by Crippen LogP contribution is -2.24. The molecule has 2 aromatic carbocycles. The average molecular weight is 296 g/mol. The van der Waals surface area contributed by atoms with Crippen molar-refractivity contribution in [2.45, 2.75) is 19.4 Å². The van der Waals surface area contributed by atoms with Crippen molar-refractivity contribution < 1.29 is 14.3 Å². The molecule has 3 rings (SSSR count).